The molecule has 2 N–H and O–H groups in total. The maximum Gasteiger partial charge on any atom is 0.350 e. The highest BCUT2D eigenvalue weighted by atomic mass is 35.5. The van der Waals surface area contributed by atoms with Gasteiger partial charge in [-0.3, -0.25) is 0 Å². The molecule has 0 atom stereocenters. The van der Waals surface area contributed by atoms with Gasteiger partial charge in [0.1, 0.15) is 4.88 Å². The Labute approximate surface area is 118 Å². The normalized spacial score (nSPS) is 10.4. The van der Waals surface area contributed by atoms with Crippen molar-refractivity contribution in [2.24, 2.45) is 0 Å². The Hall–Kier alpha value is -1.23. The monoisotopic (exact) mass is 301 g/mol. The first kappa shape index (κ1) is 13.2. The van der Waals surface area contributed by atoms with Crippen molar-refractivity contribution in [2.75, 3.05) is 12.8 Å². The Morgan fingerprint density at radius 3 is 2.72 bits per heavy atom. The van der Waals surface area contributed by atoms with Crippen LogP contribution >= 0.6 is 34.5 Å². The SMILES string of the molecule is COC(=O)c1sc(-c2cc(Cl)ccc2Cl)cc1N. The van der Waals surface area contributed by atoms with Crippen molar-refractivity contribution in [1.82, 2.24) is 0 Å². The largest absolute Gasteiger partial charge is 0.465 e. The van der Waals surface area contributed by atoms with E-state index in [1.807, 2.05) is 0 Å². The number of rotatable bonds is 2. The van der Waals surface area contributed by atoms with E-state index in [1.54, 1.807) is 24.3 Å². The summed E-state index contributed by atoms with van der Waals surface area (Å²) >= 11 is 13.2. The Kier molecular flexibility index (Phi) is 3.80. The van der Waals surface area contributed by atoms with Crippen molar-refractivity contribution >= 4 is 46.2 Å². The smallest absolute Gasteiger partial charge is 0.350 e. The van der Waals surface area contributed by atoms with Crippen LogP contribution in [-0.2, 0) is 4.74 Å². The number of carbonyl (C=O) groups excluding carboxylic acids is 1. The minimum atomic E-state index is -0.457. The number of hydrogen-bond donors (Lipinski definition) is 1. The average molecular weight is 302 g/mol. The molecule has 2 aromatic rings. The van der Waals surface area contributed by atoms with Crippen molar-refractivity contribution < 1.29 is 9.53 Å². The number of esters is 1. The van der Waals surface area contributed by atoms with Gasteiger partial charge in [0.25, 0.3) is 0 Å². The molecule has 3 nitrogen and oxygen atoms in total. The van der Waals surface area contributed by atoms with Crippen molar-refractivity contribution in [3.8, 4) is 10.4 Å². The van der Waals surface area contributed by atoms with E-state index in [9.17, 15) is 4.79 Å². The fourth-order valence-electron chi connectivity index (χ4n) is 1.48. The van der Waals surface area contributed by atoms with E-state index in [-0.39, 0.29) is 0 Å². The number of benzene rings is 1. The molecule has 0 aliphatic heterocycles. The predicted octanol–water partition coefficient (Wildman–Crippen LogP) is 4.09. The minimum Gasteiger partial charge on any atom is -0.465 e. The van der Waals surface area contributed by atoms with Gasteiger partial charge < -0.3 is 10.5 Å². The molecule has 94 valence electrons. The second kappa shape index (κ2) is 5.18. The van der Waals surface area contributed by atoms with Crippen molar-refractivity contribution in [3.63, 3.8) is 0 Å². The number of hydrogen-bond acceptors (Lipinski definition) is 4. The summed E-state index contributed by atoms with van der Waals surface area (Å²) in [5.41, 5.74) is 6.90. The minimum absolute atomic E-state index is 0.364. The summed E-state index contributed by atoms with van der Waals surface area (Å²) in [6, 6.07) is 6.82. The first-order valence-electron chi connectivity index (χ1n) is 4.96. The van der Waals surface area contributed by atoms with Crippen LogP contribution in [0.25, 0.3) is 10.4 Å². The Morgan fingerprint density at radius 2 is 2.06 bits per heavy atom. The van der Waals surface area contributed by atoms with E-state index in [1.165, 1.54) is 18.4 Å². The average Bonchev–Trinajstić information content (AvgIpc) is 2.73. The molecule has 1 aromatic heterocycles. The lowest BCUT2D eigenvalue weighted by atomic mass is 10.2. The van der Waals surface area contributed by atoms with Gasteiger partial charge in [-0.15, -0.1) is 11.3 Å². The summed E-state index contributed by atoms with van der Waals surface area (Å²) in [4.78, 5) is 12.6. The van der Waals surface area contributed by atoms with Gasteiger partial charge in [-0.25, -0.2) is 4.79 Å². The van der Waals surface area contributed by atoms with Crippen LogP contribution in [-0.4, -0.2) is 13.1 Å². The van der Waals surface area contributed by atoms with Gasteiger partial charge in [-0.1, -0.05) is 23.2 Å². The standard InChI is InChI=1S/C12H9Cl2NO2S/c1-17-12(16)11-9(15)5-10(18-11)7-4-6(13)2-3-8(7)14/h2-5H,15H2,1H3. The van der Waals surface area contributed by atoms with Gasteiger partial charge in [0, 0.05) is 20.5 Å². The topological polar surface area (TPSA) is 52.3 Å². The van der Waals surface area contributed by atoms with Crippen LogP contribution in [0.2, 0.25) is 10.0 Å². The van der Waals surface area contributed by atoms with Crippen molar-refractivity contribution in [2.45, 2.75) is 0 Å². The highest BCUT2D eigenvalue weighted by molar-refractivity contribution is 7.18. The Morgan fingerprint density at radius 1 is 1.33 bits per heavy atom. The lowest BCUT2D eigenvalue weighted by Crippen LogP contribution is -2.00. The summed E-state index contributed by atoms with van der Waals surface area (Å²) in [7, 11) is 1.31. The number of carbonyl (C=O) groups is 1. The quantitative estimate of drug-likeness (QED) is 0.850. The molecule has 1 heterocycles. The van der Waals surface area contributed by atoms with Gasteiger partial charge in [0.15, 0.2) is 0 Å². The fourth-order valence-corrected chi connectivity index (χ4v) is 2.95. The number of thiophene rings is 1. The van der Waals surface area contributed by atoms with Gasteiger partial charge in [0.05, 0.1) is 12.8 Å². The third-order valence-corrected chi connectivity index (χ3v) is 4.05. The molecule has 0 saturated carbocycles. The van der Waals surface area contributed by atoms with E-state index in [4.69, 9.17) is 28.9 Å². The fraction of sp³-hybridized carbons (Fsp3) is 0.0833. The molecule has 18 heavy (non-hydrogen) atoms. The van der Waals surface area contributed by atoms with Crippen LogP contribution in [0.15, 0.2) is 24.3 Å². The molecule has 0 radical (unpaired) electrons. The third-order valence-electron chi connectivity index (χ3n) is 2.33. The zero-order valence-electron chi connectivity index (χ0n) is 9.37. The summed E-state index contributed by atoms with van der Waals surface area (Å²) in [6.45, 7) is 0. The Bertz CT molecular complexity index is 610. The number of nitrogen functional groups attached to an aromatic ring is 1. The number of ether oxygens (including phenoxy) is 1. The first-order chi connectivity index (χ1) is 8.52. The second-order valence-corrected chi connectivity index (χ2v) is 5.41. The molecule has 0 spiro atoms. The van der Waals surface area contributed by atoms with Gasteiger partial charge >= 0.3 is 5.97 Å². The van der Waals surface area contributed by atoms with Gasteiger partial charge in [0.2, 0.25) is 0 Å². The maximum absolute atomic E-state index is 11.5. The molecule has 1 aromatic carbocycles. The summed E-state index contributed by atoms with van der Waals surface area (Å²) in [5.74, 6) is -0.457. The summed E-state index contributed by atoms with van der Waals surface area (Å²) in [5, 5.41) is 1.12. The molecular formula is C12H9Cl2NO2S. The predicted molar refractivity (Wildman–Crippen MR) is 75.5 cm³/mol. The lowest BCUT2D eigenvalue weighted by molar-refractivity contribution is 0.0607. The molecular weight excluding hydrogens is 293 g/mol. The number of anilines is 1. The molecule has 0 saturated heterocycles. The molecule has 0 aliphatic rings. The van der Waals surface area contributed by atoms with Crippen LogP contribution in [0.3, 0.4) is 0 Å². The summed E-state index contributed by atoms with van der Waals surface area (Å²) in [6.07, 6.45) is 0. The van der Waals surface area contributed by atoms with Gasteiger partial charge in [-0.2, -0.15) is 0 Å². The number of nitrogens with two attached hydrogens (primary N) is 1. The van der Waals surface area contributed by atoms with Crippen LogP contribution in [0.4, 0.5) is 5.69 Å². The zero-order chi connectivity index (χ0) is 13.3. The molecule has 0 bridgehead atoms. The highest BCUT2D eigenvalue weighted by Gasteiger charge is 2.17. The van der Waals surface area contributed by atoms with Crippen LogP contribution in [0.1, 0.15) is 9.67 Å². The van der Waals surface area contributed by atoms with E-state index in [2.05, 4.69) is 4.74 Å². The molecule has 0 amide bonds. The maximum atomic E-state index is 11.5. The van der Waals surface area contributed by atoms with Crippen molar-refractivity contribution in [1.29, 1.82) is 0 Å². The molecule has 0 aliphatic carbocycles. The number of halogens is 2. The third kappa shape index (κ3) is 2.46. The molecule has 0 unspecified atom stereocenters. The lowest BCUT2D eigenvalue weighted by Gasteiger charge is -2.01. The zero-order valence-corrected chi connectivity index (χ0v) is 11.7. The Balaban J connectivity index is 2.52. The highest BCUT2D eigenvalue weighted by Crippen LogP contribution is 2.38. The van der Waals surface area contributed by atoms with E-state index in [0.29, 0.717) is 20.6 Å². The molecule has 6 heteroatoms. The van der Waals surface area contributed by atoms with E-state index >= 15 is 0 Å². The van der Waals surface area contributed by atoms with Crippen LogP contribution < -0.4 is 5.73 Å². The first-order valence-corrected chi connectivity index (χ1v) is 6.53. The van der Waals surface area contributed by atoms with Crippen LogP contribution in [0.5, 0.6) is 0 Å². The number of methoxy groups -OCH3 is 1. The molecule has 2 rings (SSSR count). The van der Waals surface area contributed by atoms with Crippen molar-refractivity contribution in [3.05, 3.63) is 39.2 Å². The van der Waals surface area contributed by atoms with E-state index < -0.39 is 5.97 Å². The van der Waals surface area contributed by atoms with Crippen LogP contribution in [0, 0.1) is 0 Å². The van der Waals surface area contributed by atoms with Gasteiger partial charge in [-0.05, 0) is 24.3 Å². The molecule has 0 fully saturated rings. The summed E-state index contributed by atoms with van der Waals surface area (Å²) < 4.78 is 4.65. The second-order valence-electron chi connectivity index (χ2n) is 3.51. The van der Waals surface area contributed by atoms with E-state index in [0.717, 1.165) is 10.4 Å².